The third-order valence-electron chi connectivity index (χ3n) is 3.79. The molecule has 0 amide bonds. The molecule has 22 heavy (non-hydrogen) atoms. The van der Waals surface area contributed by atoms with Crippen molar-refractivity contribution < 1.29 is 4.74 Å². The minimum absolute atomic E-state index is 0.196. The van der Waals surface area contributed by atoms with Crippen molar-refractivity contribution >= 4 is 21.7 Å². The second-order valence-corrected chi connectivity index (χ2v) is 6.46. The van der Waals surface area contributed by atoms with Crippen molar-refractivity contribution in [1.29, 1.82) is 0 Å². The Balaban J connectivity index is 1.60. The number of pyridine rings is 1. The number of aromatic nitrogens is 3. The molecule has 3 heterocycles. The Morgan fingerprint density at radius 1 is 1.14 bits per heavy atom. The van der Waals surface area contributed by atoms with Crippen molar-refractivity contribution in [3.63, 3.8) is 0 Å². The molecule has 0 N–H and O–H groups in total. The van der Waals surface area contributed by atoms with Crippen LogP contribution in [0.4, 0.5) is 5.82 Å². The lowest BCUT2D eigenvalue weighted by molar-refractivity contribution is 0.161. The third kappa shape index (κ3) is 3.55. The highest BCUT2D eigenvalue weighted by Gasteiger charge is 2.22. The summed E-state index contributed by atoms with van der Waals surface area (Å²) in [7, 11) is 0. The monoisotopic (exact) mass is 362 g/mol. The fourth-order valence-corrected chi connectivity index (χ4v) is 2.78. The number of rotatable bonds is 3. The Kier molecular flexibility index (Phi) is 4.57. The fourth-order valence-electron chi connectivity index (χ4n) is 2.54. The van der Waals surface area contributed by atoms with Crippen LogP contribution in [0, 0.1) is 13.8 Å². The number of piperidine rings is 1. The van der Waals surface area contributed by atoms with Gasteiger partial charge in [0.25, 0.3) is 0 Å². The molecule has 6 heteroatoms. The molecule has 2 aromatic rings. The molecule has 5 nitrogen and oxygen atoms in total. The Morgan fingerprint density at radius 2 is 1.91 bits per heavy atom. The van der Waals surface area contributed by atoms with E-state index in [0.29, 0.717) is 5.88 Å². The largest absolute Gasteiger partial charge is 0.473 e. The first-order valence-electron chi connectivity index (χ1n) is 7.45. The molecule has 0 spiro atoms. The zero-order chi connectivity index (χ0) is 15.5. The van der Waals surface area contributed by atoms with Crippen LogP contribution in [0.2, 0.25) is 0 Å². The molecular weight excluding hydrogens is 344 g/mol. The van der Waals surface area contributed by atoms with Gasteiger partial charge in [-0.1, -0.05) is 0 Å². The van der Waals surface area contributed by atoms with Crippen LogP contribution < -0.4 is 9.64 Å². The average Bonchev–Trinajstić information content (AvgIpc) is 2.53. The van der Waals surface area contributed by atoms with Gasteiger partial charge in [-0.05, 0) is 41.9 Å². The van der Waals surface area contributed by atoms with Gasteiger partial charge >= 0.3 is 0 Å². The zero-order valence-corrected chi connectivity index (χ0v) is 14.4. The Hall–Kier alpha value is -1.69. The lowest BCUT2D eigenvalue weighted by Crippen LogP contribution is -2.38. The minimum atomic E-state index is 0.196. The first-order chi connectivity index (χ1) is 10.6. The number of aryl methyl sites for hydroxylation is 2. The maximum absolute atomic E-state index is 6.04. The van der Waals surface area contributed by atoms with E-state index in [1.54, 1.807) is 6.20 Å². The molecule has 1 aliphatic heterocycles. The van der Waals surface area contributed by atoms with Crippen molar-refractivity contribution in [2.75, 3.05) is 18.0 Å². The summed E-state index contributed by atoms with van der Waals surface area (Å²) in [5, 5.41) is 0. The van der Waals surface area contributed by atoms with Crippen LogP contribution in [0.3, 0.4) is 0 Å². The molecular formula is C16H19BrN4O. The van der Waals surface area contributed by atoms with Gasteiger partial charge in [0, 0.05) is 42.8 Å². The molecule has 1 aliphatic rings. The summed E-state index contributed by atoms with van der Waals surface area (Å²) < 4.78 is 7.04. The standard InChI is InChI=1S/C16H19BrN4O/c1-11-9-18-12(2)16(20-11)22-14-5-7-21(8-6-14)15-4-3-13(17)10-19-15/h3-4,9-10,14H,5-8H2,1-2H3. The highest BCUT2D eigenvalue weighted by molar-refractivity contribution is 9.10. The topological polar surface area (TPSA) is 51.1 Å². The van der Waals surface area contributed by atoms with Gasteiger partial charge in [-0.2, -0.15) is 0 Å². The Labute approximate surface area is 138 Å². The molecule has 0 aromatic carbocycles. The summed E-state index contributed by atoms with van der Waals surface area (Å²) >= 11 is 3.41. The molecule has 1 saturated heterocycles. The van der Waals surface area contributed by atoms with Gasteiger partial charge in [0.15, 0.2) is 0 Å². The first kappa shape index (κ1) is 15.2. The summed E-state index contributed by atoms with van der Waals surface area (Å²) in [6.45, 7) is 5.75. The van der Waals surface area contributed by atoms with Crippen molar-refractivity contribution in [1.82, 2.24) is 15.0 Å². The second-order valence-electron chi connectivity index (χ2n) is 5.54. The van der Waals surface area contributed by atoms with E-state index in [2.05, 4.69) is 35.8 Å². The van der Waals surface area contributed by atoms with Gasteiger partial charge in [-0.15, -0.1) is 0 Å². The SMILES string of the molecule is Cc1cnc(C)c(OC2CCN(c3ccc(Br)cn3)CC2)n1. The quantitative estimate of drug-likeness (QED) is 0.838. The minimum Gasteiger partial charge on any atom is -0.473 e. The number of hydrogen-bond acceptors (Lipinski definition) is 5. The van der Waals surface area contributed by atoms with Gasteiger partial charge in [0.2, 0.25) is 5.88 Å². The second kappa shape index (κ2) is 6.60. The summed E-state index contributed by atoms with van der Waals surface area (Å²) in [5.41, 5.74) is 1.74. The van der Waals surface area contributed by atoms with E-state index in [0.717, 1.165) is 47.6 Å². The predicted octanol–water partition coefficient (Wildman–Crippen LogP) is 3.30. The summed E-state index contributed by atoms with van der Waals surface area (Å²) in [5.74, 6) is 1.69. The molecule has 0 radical (unpaired) electrons. The predicted molar refractivity (Wildman–Crippen MR) is 89.3 cm³/mol. The van der Waals surface area contributed by atoms with E-state index >= 15 is 0 Å². The van der Waals surface area contributed by atoms with Gasteiger partial charge in [-0.3, -0.25) is 4.98 Å². The van der Waals surface area contributed by atoms with E-state index in [1.807, 2.05) is 32.2 Å². The zero-order valence-electron chi connectivity index (χ0n) is 12.8. The van der Waals surface area contributed by atoms with Gasteiger partial charge < -0.3 is 9.64 Å². The van der Waals surface area contributed by atoms with Crippen molar-refractivity contribution in [3.05, 3.63) is 40.4 Å². The van der Waals surface area contributed by atoms with Crippen LogP contribution in [-0.2, 0) is 0 Å². The van der Waals surface area contributed by atoms with Crippen molar-refractivity contribution in [3.8, 4) is 5.88 Å². The molecule has 3 rings (SSSR count). The van der Waals surface area contributed by atoms with E-state index < -0.39 is 0 Å². The van der Waals surface area contributed by atoms with Gasteiger partial charge in [0.05, 0.1) is 11.4 Å². The number of nitrogens with zero attached hydrogens (tertiary/aromatic N) is 4. The van der Waals surface area contributed by atoms with Gasteiger partial charge in [0.1, 0.15) is 11.9 Å². The summed E-state index contributed by atoms with van der Waals surface area (Å²) in [6, 6.07) is 4.07. The van der Waals surface area contributed by atoms with Crippen LogP contribution in [0.25, 0.3) is 0 Å². The van der Waals surface area contributed by atoms with Gasteiger partial charge in [-0.25, -0.2) is 9.97 Å². The summed E-state index contributed by atoms with van der Waals surface area (Å²) in [6.07, 6.45) is 5.73. The Bertz CT molecular complexity index is 639. The number of hydrogen-bond donors (Lipinski definition) is 0. The van der Waals surface area contributed by atoms with E-state index in [9.17, 15) is 0 Å². The fraction of sp³-hybridized carbons (Fsp3) is 0.438. The maximum Gasteiger partial charge on any atom is 0.235 e. The molecule has 0 unspecified atom stereocenters. The average molecular weight is 363 g/mol. The molecule has 2 aromatic heterocycles. The lowest BCUT2D eigenvalue weighted by atomic mass is 10.1. The highest BCUT2D eigenvalue weighted by Crippen LogP contribution is 2.23. The lowest BCUT2D eigenvalue weighted by Gasteiger charge is -2.32. The van der Waals surface area contributed by atoms with Crippen LogP contribution in [0.1, 0.15) is 24.2 Å². The Morgan fingerprint density at radius 3 is 2.59 bits per heavy atom. The number of anilines is 1. The van der Waals surface area contributed by atoms with E-state index in [4.69, 9.17) is 4.74 Å². The molecule has 116 valence electrons. The summed E-state index contributed by atoms with van der Waals surface area (Å²) in [4.78, 5) is 15.5. The van der Waals surface area contributed by atoms with Crippen molar-refractivity contribution in [2.45, 2.75) is 32.8 Å². The smallest absolute Gasteiger partial charge is 0.235 e. The normalized spacial score (nSPS) is 15.9. The molecule has 0 aliphatic carbocycles. The van der Waals surface area contributed by atoms with E-state index in [1.165, 1.54) is 0 Å². The highest BCUT2D eigenvalue weighted by atomic mass is 79.9. The number of ether oxygens (including phenoxy) is 1. The first-order valence-corrected chi connectivity index (χ1v) is 8.24. The molecule has 0 atom stereocenters. The van der Waals surface area contributed by atoms with Crippen LogP contribution in [0.5, 0.6) is 5.88 Å². The maximum atomic E-state index is 6.04. The van der Waals surface area contributed by atoms with Crippen LogP contribution >= 0.6 is 15.9 Å². The van der Waals surface area contributed by atoms with Crippen LogP contribution in [-0.4, -0.2) is 34.1 Å². The number of halogens is 1. The third-order valence-corrected chi connectivity index (χ3v) is 4.26. The van der Waals surface area contributed by atoms with E-state index in [-0.39, 0.29) is 6.10 Å². The molecule has 0 saturated carbocycles. The van der Waals surface area contributed by atoms with Crippen LogP contribution in [0.15, 0.2) is 29.0 Å². The molecule has 0 bridgehead atoms. The van der Waals surface area contributed by atoms with Crippen molar-refractivity contribution in [2.24, 2.45) is 0 Å². The molecule has 1 fully saturated rings.